The molecule has 0 aromatic heterocycles. The van der Waals surface area contributed by atoms with Gasteiger partial charge in [0.1, 0.15) is 6.04 Å². The summed E-state index contributed by atoms with van der Waals surface area (Å²) >= 11 is 0. The summed E-state index contributed by atoms with van der Waals surface area (Å²) in [6.45, 7) is 5.33. The minimum Gasteiger partial charge on any atom is -0.390 e. The Kier molecular flexibility index (Phi) is 4.70. The molecule has 94 valence electrons. The summed E-state index contributed by atoms with van der Waals surface area (Å²) in [5.74, 6) is -0.218. The Bertz CT molecular complexity index is 244. The van der Waals surface area contributed by atoms with Gasteiger partial charge in [0, 0.05) is 20.0 Å². The van der Waals surface area contributed by atoms with E-state index in [9.17, 15) is 9.90 Å². The van der Waals surface area contributed by atoms with Crippen molar-refractivity contribution in [1.29, 1.82) is 0 Å². The first-order valence-corrected chi connectivity index (χ1v) is 5.64. The van der Waals surface area contributed by atoms with E-state index in [1.54, 1.807) is 0 Å². The van der Waals surface area contributed by atoms with Crippen LogP contribution in [0.4, 0.5) is 0 Å². The molecule has 1 aliphatic rings. The Hall–Kier alpha value is -0.650. The lowest BCUT2D eigenvalue weighted by Crippen LogP contribution is -2.60. The summed E-state index contributed by atoms with van der Waals surface area (Å²) in [5, 5.41) is 12.8. The number of carbonyl (C=O) groups is 1. The largest absolute Gasteiger partial charge is 0.390 e. The van der Waals surface area contributed by atoms with Crippen molar-refractivity contribution < 1.29 is 19.4 Å². The van der Waals surface area contributed by atoms with Gasteiger partial charge in [0.05, 0.1) is 12.2 Å². The lowest BCUT2D eigenvalue weighted by molar-refractivity contribution is -0.239. The van der Waals surface area contributed by atoms with Crippen LogP contribution in [-0.4, -0.2) is 42.7 Å². The predicted octanol–water partition coefficient (Wildman–Crippen LogP) is 0.269. The van der Waals surface area contributed by atoms with Gasteiger partial charge in [0.2, 0.25) is 5.91 Å². The van der Waals surface area contributed by atoms with Gasteiger partial charge in [0.25, 0.3) is 0 Å². The van der Waals surface area contributed by atoms with Crippen molar-refractivity contribution in [2.45, 2.75) is 51.7 Å². The van der Waals surface area contributed by atoms with Gasteiger partial charge < -0.3 is 19.9 Å². The standard InChI is InChI=1S/C11H21NO4/c1-5-8-6(2)10(14)9(12-7(3)13)11(15-4)16-8/h6,8-11,14H,5H2,1-4H3,(H,12,13)/t6?,8?,9?,10-,11?/m1/s1. The summed E-state index contributed by atoms with van der Waals surface area (Å²) in [4.78, 5) is 11.0. The number of methoxy groups -OCH3 is 1. The summed E-state index contributed by atoms with van der Waals surface area (Å²) in [5.41, 5.74) is 0. The molecule has 1 saturated heterocycles. The van der Waals surface area contributed by atoms with Gasteiger partial charge in [-0.1, -0.05) is 13.8 Å². The maximum absolute atomic E-state index is 11.0. The highest BCUT2D eigenvalue weighted by Crippen LogP contribution is 2.27. The van der Waals surface area contributed by atoms with Crippen molar-refractivity contribution in [3.05, 3.63) is 0 Å². The quantitative estimate of drug-likeness (QED) is 0.731. The van der Waals surface area contributed by atoms with E-state index in [0.29, 0.717) is 0 Å². The summed E-state index contributed by atoms with van der Waals surface area (Å²) < 4.78 is 10.8. The zero-order valence-electron chi connectivity index (χ0n) is 10.3. The topological polar surface area (TPSA) is 67.8 Å². The molecule has 0 aromatic rings. The number of hydrogen-bond donors (Lipinski definition) is 2. The Morgan fingerprint density at radius 3 is 2.62 bits per heavy atom. The van der Waals surface area contributed by atoms with E-state index in [-0.39, 0.29) is 17.9 Å². The van der Waals surface area contributed by atoms with Crippen molar-refractivity contribution in [3.63, 3.8) is 0 Å². The number of ether oxygens (including phenoxy) is 2. The second kappa shape index (κ2) is 5.61. The van der Waals surface area contributed by atoms with Crippen LogP contribution in [-0.2, 0) is 14.3 Å². The number of rotatable bonds is 3. The molecule has 4 unspecified atom stereocenters. The zero-order chi connectivity index (χ0) is 12.3. The average molecular weight is 231 g/mol. The number of hydrogen-bond acceptors (Lipinski definition) is 4. The van der Waals surface area contributed by atoms with E-state index >= 15 is 0 Å². The Morgan fingerprint density at radius 1 is 1.56 bits per heavy atom. The molecule has 1 rings (SSSR count). The van der Waals surface area contributed by atoms with Crippen molar-refractivity contribution in [3.8, 4) is 0 Å². The lowest BCUT2D eigenvalue weighted by Gasteiger charge is -2.43. The molecule has 0 spiro atoms. The van der Waals surface area contributed by atoms with E-state index in [0.717, 1.165) is 6.42 Å². The van der Waals surface area contributed by atoms with Gasteiger partial charge >= 0.3 is 0 Å². The Morgan fingerprint density at radius 2 is 2.19 bits per heavy atom. The van der Waals surface area contributed by atoms with Crippen LogP contribution in [0.3, 0.4) is 0 Å². The van der Waals surface area contributed by atoms with Gasteiger partial charge in [-0.25, -0.2) is 0 Å². The van der Waals surface area contributed by atoms with Crippen LogP contribution >= 0.6 is 0 Å². The third-order valence-electron chi connectivity index (χ3n) is 3.10. The molecule has 5 heteroatoms. The molecular weight excluding hydrogens is 210 g/mol. The molecular formula is C11H21NO4. The van der Waals surface area contributed by atoms with Crippen molar-refractivity contribution >= 4 is 5.91 Å². The number of aliphatic hydroxyl groups is 1. The van der Waals surface area contributed by atoms with E-state index in [2.05, 4.69) is 5.32 Å². The minimum atomic E-state index is -0.646. The van der Waals surface area contributed by atoms with Crippen molar-refractivity contribution in [1.82, 2.24) is 5.32 Å². The first-order chi connectivity index (χ1) is 7.51. The fourth-order valence-electron chi connectivity index (χ4n) is 2.15. The second-order valence-electron chi connectivity index (χ2n) is 4.26. The van der Waals surface area contributed by atoms with Gasteiger partial charge in [0.15, 0.2) is 6.29 Å². The van der Waals surface area contributed by atoms with Gasteiger partial charge in [-0.05, 0) is 6.42 Å². The minimum absolute atomic E-state index is 0.0201. The van der Waals surface area contributed by atoms with Gasteiger partial charge in [-0.3, -0.25) is 4.79 Å². The van der Waals surface area contributed by atoms with Gasteiger partial charge in [-0.15, -0.1) is 0 Å². The number of nitrogens with one attached hydrogen (secondary N) is 1. The lowest BCUT2D eigenvalue weighted by atomic mass is 9.88. The normalized spacial score (nSPS) is 39.4. The van der Waals surface area contributed by atoms with Crippen molar-refractivity contribution in [2.24, 2.45) is 5.92 Å². The van der Waals surface area contributed by atoms with E-state index < -0.39 is 18.4 Å². The zero-order valence-corrected chi connectivity index (χ0v) is 10.3. The average Bonchev–Trinajstić information content (AvgIpc) is 2.25. The second-order valence-corrected chi connectivity index (χ2v) is 4.26. The van der Waals surface area contributed by atoms with E-state index in [1.807, 2.05) is 13.8 Å². The fourth-order valence-corrected chi connectivity index (χ4v) is 2.15. The maximum atomic E-state index is 11.0. The molecule has 1 fully saturated rings. The van der Waals surface area contributed by atoms with E-state index in [4.69, 9.17) is 9.47 Å². The summed E-state index contributed by atoms with van der Waals surface area (Å²) in [6, 6.07) is -0.500. The maximum Gasteiger partial charge on any atom is 0.217 e. The van der Waals surface area contributed by atoms with Crippen LogP contribution < -0.4 is 5.32 Å². The van der Waals surface area contributed by atoms with E-state index in [1.165, 1.54) is 14.0 Å². The molecule has 0 bridgehead atoms. The molecule has 5 nitrogen and oxygen atoms in total. The predicted molar refractivity (Wildman–Crippen MR) is 58.7 cm³/mol. The summed E-state index contributed by atoms with van der Waals surface area (Å²) in [6.07, 6.45) is -0.456. The van der Waals surface area contributed by atoms with Crippen LogP contribution in [0.5, 0.6) is 0 Å². The van der Waals surface area contributed by atoms with Crippen LogP contribution in [0.1, 0.15) is 27.2 Å². The number of amides is 1. The monoisotopic (exact) mass is 231 g/mol. The first-order valence-electron chi connectivity index (χ1n) is 5.64. The molecule has 0 aliphatic carbocycles. The first kappa shape index (κ1) is 13.4. The fraction of sp³-hybridized carbons (Fsp3) is 0.909. The SMILES string of the molecule is CCC1OC(OC)C(NC(C)=O)[C@H](O)C1C. The molecule has 0 aromatic carbocycles. The molecule has 1 heterocycles. The highest BCUT2D eigenvalue weighted by Gasteiger charge is 2.42. The molecule has 0 saturated carbocycles. The van der Waals surface area contributed by atoms with Crippen LogP contribution in [0.25, 0.3) is 0 Å². The van der Waals surface area contributed by atoms with Crippen LogP contribution in [0.2, 0.25) is 0 Å². The highest BCUT2D eigenvalue weighted by molar-refractivity contribution is 5.73. The third-order valence-corrected chi connectivity index (χ3v) is 3.10. The van der Waals surface area contributed by atoms with Crippen molar-refractivity contribution in [2.75, 3.05) is 7.11 Å². The molecule has 16 heavy (non-hydrogen) atoms. The number of aliphatic hydroxyl groups excluding tert-OH is 1. The van der Waals surface area contributed by atoms with Crippen LogP contribution in [0, 0.1) is 5.92 Å². The molecule has 1 aliphatic heterocycles. The third kappa shape index (κ3) is 2.72. The smallest absolute Gasteiger partial charge is 0.217 e. The molecule has 1 amide bonds. The van der Waals surface area contributed by atoms with Gasteiger partial charge in [-0.2, -0.15) is 0 Å². The number of carbonyl (C=O) groups excluding carboxylic acids is 1. The Balaban J connectivity index is 2.77. The Labute approximate surface area is 96.1 Å². The molecule has 0 radical (unpaired) electrons. The highest BCUT2D eigenvalue weighted by atomic mass is 16.7. The van der Waals surface area contributed by atoms with Crippen LogP contribution in [0.15, 0.2) is 0 Å². The molecule has 2 N–H and O–H groups in total. The molecule has 5 atom stereocenters. The summed E-state index contributed by atoms with van der Waals surface area (Å²) in [7, 11) is 1.51.